The molecule has 2 rings (SSSR count). The van der Waals surface area contributed by atoms with Gasteiger partial charge in [0.25, 0.3) is 0 Å². The predicted octanol–water partition coefficient (Wildman–Crippen LogP) is 0.603. The Kier molecular flexibility index (Phi) is 2.82. The molecule has 2 atom stereocenters. The highest BCUT2D eigenvalue weighted by Crippen LogP contribution is 2.18. The lowest BCUT2D eigenvalue weighted by atomic mass is 9.89. The van der Waals surface area contributed by atoms with Crippen molar-refractivity contribution >= 4 is 0 Å². The molecule has 0 bridgehead atoms. The molecule has 4 nitrogen and oxygen atoms in total. The Morgan fingerprint density at radius 1 is 1.57 bits per heavy atom. The molecular formula is C10H18N4. The lowest BCUT2D eigenvalue weighted by Crippen LogP contribution is -2.36. The first kappa shape index (κ1) is 9.65. The normalized spacial score (nSPS) is 27.9. The molecule has 0 aromatic carbocycles. The number of aromatic nitrogens is 3. The lowest BCUT2D eigenvalue weighted by Gasteiger charge is -2.26. The Bertz CT molecular complexity index is 294. The Morgan fingerprint density at radius 3 is 3.07 bits per heavy atom. The van der Waals surface area contributed by atoms with Crippen molar-refractivity contribution in [2.24, 2.45) is 18.9 Å². The summed E-state index contributed by atoms with van der Waals surface area (Å²) in [6, 6.07) is 0. The zero-order valence-electron chi connectivity index (χ0n) is 8.90. The average Bonchev–Trinajstić information content (AvgIpc) is 2.51. The van der Waals surface area contributed by atoms with Crippen LogP contribution in [0.5, 0.6) is 0 Å². The fourth-order valence-electron chi connectivity index (χ4n) is 2.20. The summed E-state index contributed by atoms with van der Waals surface area (Å²) in [5, 5.41) is 11.9. The van der Waals surface area contributed by atoms with Crippen LogP contribution >= 0.6 is 0 Å². The molecule has 1 aliphatic heterocycles. The summed E-state index contributed by atoms with van der Waals surface area (Å²) in [5.41, 5.74) is 1.12. The van der Waals surface area contributed by atoms with E-state index in [1.807, 2.05) is 13.2 Å². The van der Waals surface area contributed by atoms with Crippen LogP contribution in [0.25, 0.3) is 0 Å². The third-order valence-electron chi connectivity index (χ3n) is 2.81. The smallest absolute Gasteiger partial charge is 0.0830 e. The first-order valence-electron chi connectivity index (χ1n) is 5.30. The van der Waals surface area contributed by atoms with E-state index in [0.717, 1.165) is 37.0 Å². The molecule has 1 aromatic heterocycles. The van der Waals surface area contributed by atoms with Gasteiger partial charge in [0.2, 0.25) is 0 Å². The van der Waals surface area contributed by atoms with Gasteiger partial charge in [0, 0.05) is 7.05 Å². The maximum Gasteiger partial charge on any atom is 0.0830 e. The molecule has 1 saturated heterocycles. The van der Waals surface area contributed by atoms with Crippen LogP contribution < -0.4 is 5.32 Å². The van der Waals surface area contributed by atoms with Gasteiger partial charge in [0.1, 0.15) is 0 Å². The average molecular weight is 194 g/mol. The molecule has 78 valence electrons. The van der Waals surface area contributed by atoms with Crippen LogP contribution in [0.15, 0.2) is 6.20 Å². The summed E-state index contributed by atoms with van der Waals surface area (Å²) in [5.74, 6) is 1.53. The number of rotatable bonds is 2. The fourth-order valence-corrected chi connectivity index (χ4v) is 2.20. The van der Waals surface area contributed by atoms with Crippen LogP contribution in [0.3, 0.4) is 0 Å². The maximum absolute atomic E-state index is 4.31. The summed E-state index contributed by atoms with van der Waals surface area (Å²) in [6.07, 6.45) is 4.24. The summed E-state index contributed by atoms with van der Waals surface area (Å²) in [6.45, 7) is 4.59. The van der Waals surface area contributed by atoms with Crippen molar-refractivity contribution in [1.29, 1.82) is 0 Å². The molecule has 0 aliphatic carbocycles. The van der Waals surface area contributed by atoms with E-state index in [-0.39, 0.29) is 0 Å². The first-order chi connectivity index (χ1) is 6.74. The molecule has 0 amide bonds. The Labute approximate surface area is 84.7 Å². The van der Waals surface area contributed by atoms with Crippen LogP contribution in [0.1, 0.15) is 19.0 Å². The van der Waals surface area contributed by atoms with Gasteiger partial charge in [0.15, 0.2) is 0 Å². The van der Waals surface area contributed by atoms with Crippen LogP contribution in [0.2, 0.25) is 0 Å². The molecule has 4 heteroatoms. The summed E-state index contributed by atoms with van der Waals surface area (Å²) in [4.78, 5) is 1.63. The van der Waals surface area contributed by atoms with Gasteiger partial charge in [-0.2, -0.15) is 15.0 Å². The molecule has 14 heavy (non-hydrogen) atoms. The second-order valence-electron chi connectivity index (χ2n) is 4.39. The van der Waals surface area contributed by atoms with Crippen LogP contribution in [0, 0.1) is 11.8 Å². The minimum absolute atomic E-state index is 0.732. The molecule has 1 fully saturated rings. The van der Waals surface area contributed by atoms with E-state index in [1.54, 1.807) is 4.80 Å². The van der Waals surface area contributed by atoms with E-state index in [0.29, 0.717) is 0 Å². The molecule has 1 aromatic rings. The van der Waals surface area contributed by atoms with E-state index in [2.05, 4.69) is 22.4 Å². The number of aryl methyl sites for hydroxylation is 1. The maximum atomic E-state index is 4.31. The predicted molar refractivity (Wildman–Crippen MR) is 54.8 cm³/mol. The second-order valence-corrected chi connectivity index (χ2v) is 4.39. The van der Waals surface area contributed by atoms with E-state index in [9.17, 15) is 0 Å². The van der Waals surface area contributed by atoms with Gasteiger partial charge in [-0.15, -0.1) is 0 Å². The number of nitrogens with zero attached hydrogens (tertiary/aromatic N) is 3. The SMILES string of the molecule is CC1CNCC(Cc2cnn(C)n2)C1. The molecule has 0 saturated carbocycles. The van der Waals surface area contributed by atoms with Crippen molar-refractivity contribution in [2.45, 2.75) is 19.8 Å². The Hall–Kier alpha value is -0.900. The largest absolute Gasteiger partial charge is 0.316 e. The standard InChI is InChI=1S/C10H18N4/c1-8-3-9(6-11-5-8)4-10-7-12-14(2)13-10/h7-9,11H,3-6H2,1-2H3. The topological polar surface area (TPSA) is 42.7 Å². The third kappa shape index (κ3) is 2.32. The highest BCUT2D eigenvalue weighted by Gasteiger charge is 2.19. The van der Waals surface area contributed by atoms with Crippen molar-refractivity contribution in [3.05, 3.63) is 11.9 Å². The summed E-state index contributed by atoms with van der Waals surface area (Å²) in [7, 11) is 1.87. The van der Waals surface area contributed by atoms with Gasteiger partial charge in [-0.05, 0) is 37.8 Å². The van der Waals surface area contributed by atoms with Gasteiger partial charge in [-0.1, -0.05) is 6.92 Å². The molecule has 2 heterocycles. The summed E-state index contributed by atoms with van der Waals surface area (Å²) < 4.78 is 0. The Balaban J connectivity index is 1.90. The van der Waals surface area contributed by atoms with Crippen LogP contribution in [-0.4, -0.2) is 28.1 Å². The Morgan fingerprint density at radius 2 is 2.43 bits per heavy atom. The third-order valence-corrected chi connectivity index (χ3v) is 2.81. The number of piperidine rings is 1. The first-order valence-corrected chi connectivity index (χ1v) is 5.30. The van der Waals surface area contributed by atoms with Gasteiger partial charge < -0.3 is 5.32 Å². The number of hydrogen-bond acceptors (Lipinski definition) is 3. The molecule has 0 spiro atoms. The van der Waals surface area contributed by atoms with Gasteiger partial charge in [-0.3, -0.25) is 0 Å². The minimum atomic E-state index is 0.732. The van der Waals surface area contributed by atoms with Crippen molar-refractivity contribution in [3.8, 4) is 0 Å². The zero-order chi connectivity index (χ0) is 9.97. The zero-order valence-corrected chi connectivity index (χ0v) is 8.90. The van der Waals surface area contributed by atoms with Crippen LogP contribution in [-0.2, 0) is 13.5 Å². The van der Waals surface area contributed by atoms with Gasteiger partial charge >= 0.3 is 0 Å². The van der Waals surface area contributed by atoms with Crippen molar-refractivity contribution in [2.75, 3.05) is 13.1 Å². The highest BCUT2D eigenvalue weighted by atomic mass is 15.4. The molecular weight excluding hydrogens is 176 g/mol. The second kappa shape index (κ2) is 4.09. The van der Waals surface area contributed by atoms with Crippen molar-refractivity contribution in [3.63, 3.8) is 0 Å². The molecule has 2 unspecified atom stereocenters. The van der Waals surface area contributed by atoms with Crippen molar-refractivity contribution < 1.29 is 0 Å². The lowest BCUT2D eigenvalue weighted by molar-refractivity contribution is 0.299. The number of nitrogens with one attached hydrogen (secondary N) is 1. The minimum Gasteiger partial charge on any atom is -0.316 e. The van der Waals surface area contributed by atoms with Crippen LogP contribution in [0.4, 0.5) is 0 Å². The van der Waals surface area contributed by atoms with E-state index >= 15 is 0 Å². The molecule has 1 aliphatic rings. The van der Waals surface area contributed by atoms with Gasteiger partial charge in [-0.25, -0.2) is 0 Å². The summed E-state index contributed by atoms with van der Waals surface area (Å²) >= 11 is 0. The van der Waals surface area contributed by atoms with E-state index in [4.69, 9.17) is 0 Å². The molecule has 1 N–H and O–H groups in total. The fraction of sp³-hybridized carbons (Fsp3) is 0.800. The monoisotopic (exact) mass is 194 g/mol. The number of hydrogen-bond donors (Lipinski definition) is 1. The van der Waals surface area contributed by atoms with E-state index in [1.165, 1.54) is 6.42 Å². The van der Waals surface area contributed by atoms with E-state index < -0.39 is 0 Å². The highest BCUT2D eigenvalue weighted by molar-refractivity contribution is 4.94. The molecule has 0 radical (unpaired) electrons. The quantitative estimate of drug-likeness (QED) is 0.750. The van der Waals surface area contributed by atoms with Crippen molar-refractivity contribution in [1.82, 2.24) is 20.3 Å². The van der Waals surface area contributed by atoms with Gasteiger partial charge in [0.05, 0.1) is 11.9 Å².